The fourth-order valence-electron chi connectivity index (χ4n) is 6.98. The molecule has 0 amide bonds. The van der Waals surface area contributed by atoms with Crippen molar-refractivity contribution in [3.05, 3.63) is 206 Å². The summed E-state index contributed by atoms with van der Waals surface area (Å²) in [4.78, 5) is 4.74. The van der Waals surface area contributed by atoms with Crippen LogP contribution in [0.3, 0.4) is 0 Å². The van der Waals surface area contributed by atoms with Gasteiger partial charge in [-0.2, -0.15) is 0 Å². The van der Waals surface area contributed by atoms with Crippen molar-refractivity contribution in [2.24, 2.45) is 0 Å². The van der Waals surface area contributed by atoms with Crippen LogP contribution in [0.15, 0.2) is 206 Å². The highest BCUT2D eigenvalue weighted by molar-refractivity contribution is 7.26. The van der Waals surface area contributed by atoms with Crippen molar-refractivity contribution in [1.82, 2.24) is 0 Å². The molecule has 0 aliphatic rings. The molecule has 2 nitrogen and oxygen atoms in total. The Bertz CT molecular complexity index is 2540. The van der Waals surface area contributed by atoms with E-state index in [4.69, 9.17) is 0 Å². The van der Waals surface area contributed by atoms with Crippen LogP contribution in [0.4, 0.5) is 34.1 Å². The SMILES string of the molecule is c1ccc(-c2ccc(N(c3ccccc3)c3ccc4c(c3)sc3c(N(c5ccccc5)c5ccc(-c6ccccc6)cc5)cccc34)cc2)cc1. The Hall–Kier alpha value is -6.42. The van der Waals surface area contributed by atoms with Gasteiger partial charge in [-0.3, -0.25) is 0 Å². The molecule has 242 valence electrons. The Morgan fingerprint density at radius 1 is 0.294 bits per heavy atom. The maximum Gasteiger partial charge on any atom is 0.0640 e. The van der Waals surface area contributed by atoms with E-state index < -0.39 is 0 Å². The lowest BCUT2D eigenvalue weighted by atomic mass is 10.0. The van der Waals surface area contributed by atoms with E-state index in [1.165, 1.54) is 48.1 Å². The fourth-order valence-corrected chi connectivity index (χ4v) is 8.22. The van der Waals surface area contributed by atoms with Gasteiger partial charge >= 0.3 is 0 Å². The smallest absolute Gasteiger partial charge is 0.0640 e. The standard InChI is InChI=1S/C48H34N2S/c1-5-14-35(15-6-1)37-24-28-41(29-25-37)49(39-18-9-3-10-19-39)43-32-33-44-45-22-13-23-46(48(45)51-47(44)34-43)50(40-20-11-4-12-21-40)42-30-26-38(27-31-42)36-16-7-2-8-17-36/h1-34H. The fraction of sp³-hybridized carbons (Fsp3) is 0. The molecule has 0 radical (unpaired) electrons. The zero-order valence-corrected chi connectivity index (χ0v) is 28.7. The minimum Gasteiger partial charge on any atom is -0.310 e. The van der Waals surface area contributed by atoms with Gasteiger partial charge in [0.1, 0.15) is 0 Å². The van der Waals surface area contributed by atoms with E-state index in [9.17, 15) is 0 Å². The van der Waals surface area contributed by atoms with Gasteiger partial charge in [-0.1, -0.05) is 140 Å². The molecular formula is C48H34N2S. The molecule has 0 spiro atoms. The van der Waals surface area contributed by atoms with Gasteiger partial charge in [-0.15, -0.1) is 11.3 Å². The summed E-state index contributed by atoms with van der Waals surface area (Å²) >= 11 is 1.86. The van der Waals surface area contributed by atoms with Crippen molar-refractivity contribution in [1.29, 1.82) is 0 Å². The highest BCUT2D eigenvalue weighted by Crippen LogP contribution is 2.46. The van der Waals surface area contributed by atoms with E-state index in [0.717, 1.165) is 28.4 Å². The maximum atomic E-state index is 2.39. The number of anilines is 6. The Kier molecular flexibility index (Phi) is 8.09. The molecule has 1 aromatic heterocycles. The van der Waals surface area contributed by atoms with E-state index in [1.54, 1.807) is 0 Å². The summed E-state index contributed by atoms with van der Waals surface area (Å²) in [6.07, 6.45) is 0. The van der Waals surface area contributed by atoms with E-state index in [1.807, 2.05) is 11.3 Å². The molecule has 0 atom stereocenters. The van der Waals surface area contributed by atoms with Gasteiger partial charge in [0.05, 0.1) is 10.4 Å². The lowest BCUT2D eigenvalue weighted by molar-refractivity contribution is 1.29. The molecule has 0 aliphatic heterocycles. The summed E-state index contributed by atoms with van der Waals surface area (Å²) in [6.45, 7) is 0. The Balaban J connectivity index is 1.15. The molecule has 0 bridgehead atoms. The second-order valence-electron chi connectivity index (χ2n) is 12.6. The van der Waals surface area contributed by atoms with Crippen molar-refractivity contribution < 1.29 is 0 Å². The summed E-state index contributed by atoms with van der Waals surface area (Å²) in [5, 5.41) is 2.53. The van der Waals surface area contributed by atoms with Crippen LogP contribution < -0.4 is 9.80 Å². The molecule has 0 N–H and O–H groups in total. The van der Waals surface area contributed by atoms with E-state index in [-0.39, 0.29) is 0 Å². The molecular weight excluding hydrogens is 637 g/mol. The van der Waals surface area contributed by atoms with E-state index in [0.29, 0.717) is 0 Å². The predicted molar refractivity (Wildman–Crippen MR) is 220 cm³/mol. The zero-order chi connectivity index (χ0) is 34.0. The molecule has 8 aromatic carbocycles. The minimum absolute atomic E-state index is 1.12. The Labute approximate surface area is 302 Å². The van der Waals surface area contributed by atoms with Gasteiger partial charge in [-0.25, -0.2) is 0 Å². The Morgan fingerprint density at radius 2 is 0.725 bits per heavy atom. The van der Waals surface area contributed by atoms with Gasteiger partial charge in [0.2, 0.25) is 0 Å². The van der Waals surface area contributed by atoms with Crippen LogP contribution in [0.2, 0.25) is 0 Å². The van der Waals surface area contributed by atoms with Crippen molar-refractivity contribution in [2.45, 2.75) is 0 Å². The van der Waals surface area contributed by atoms with Gasteiger partial charge < -0.3 is 9.80 Å². The number of hydrogen-bond acceptors (Lipinski definition) is 3. The van der Waals surface area contributed by atoms with Gasteiger partial charge in [0.25, 0.3) is 0 Å². The number of nitrogens with zero attached hydrogens (tertiary/aromatic N) is 2. The van der Waals surface area contributed by atoms with Crippen LogP contribution in [0, 0.1) is 0 Å². The lowest BCUT2D eigenvalue weighted by Gasteiger charge is -2.26. The molecule has 0 fully saturated rings. The number of hydrogen-bond donors (Lipinski definition) is 0. The van der Waals surface area contributed by atoms with Crippen LogP contribution in [0.25, 0.3) is 42.4 Å². The van der Waals surface area contributed by atoms with Crippen LogP contribution in [-0.4, -0.2) is 0 Å². The molecule has 3 heteroatoms. The van der Waals surface area contributed by atoms with Crippen LogP contribution in [-0.2, 0) is 0 Å². The second-order valence-corrected chi connectivity index (χ2v) is 13.7. The average molecular weight is 671 g/mol. The monoisotopic (exact) mass is 670 g/mol. The zero-order valence-electron chi connectivity index (χ0n) is 27.9. The third kappa shape index (κ3) is 5.94. The highest BCUT2D eigenvalue weighted by atomic mass is 32.1. The van der Waals surface area contributed by atoms with Crippen LogP contribution in [0.5, 0.6) is 0 Å². The molecule has 9 rings (SSSR count). The summed E-state index contributed by atoms with van der Waals surface area (Å²) in [6, 6.07) is 73.9. The largest absolute Gasteiger partial charge is 0.310 e. The van der Waals surface area contributed by atoms with E-state index >= 15 is 0 Å². The van der Waals surface area contributed by atoms with Gasteiger partial charge in [0, 0.05) is 43.9 Å². The molecule has 9 aromatic rings. The molecule has 0 unspecified atom stereocenters. The number of rotatable bonds is 8. The molecule has 1 heterocycles. The maximum absolute atomic E-state index is 2.39. The lowest BCUT2D eigenvalue weighted by Crippen LogP contribution is -2.09. The normalized spacial score (nSPS) is 11.1. The first-order chi connectivity index (χ1) is 25.3. The van der Waals surface area contributed by atoms with E-state index in [2.05, 4.69) is 216 Å². The quantitative estimate of drug-likeness (QED) is 0.159. The van der Waals surface area contributed by atoms with Crippen LogP contribution in [0.1, 0.15) is 0 Å². The topological polar surface area (TPSA) is 6.48 Å². The first-order valence-electron chi connectivity index (χ1n) is 17.3. The molecule has 51 heavy (non-hydrogen) atoms. The van der Waals surface area contributed by atoms with Crippen molar-refractivity contribution in [3.63, 3.8) is 0 Å². The summed E-state index contributed by atoms with van der Waals surface area (Å²) in [5.74, 6) is 0. The first-order valence-corrected chi connectivity index (χ1v) is 18.1. The average Bonchev–Trinajstić information content (AvgIpc) is 3.59. The second kappa shape index (κ2) is 13.5. The molecule has 0 saturated carbocycles. The highest BCUT2D eigenvalue weighted by Gasteiger charge is 2.20. The van der Waals surface area contributed by atoms with Gasteiger partial charge in [0.15, 0.2) is 0 Å². The predicted octanol–water partition coefficient (Wildman–Crippen LogP) is 14.3. The minimum atomic E-state index is 1.12. The number of para-hydroxylation sites is 2. The van der Waals surface area contributed by atoms with Crippen LogP contribution >= 0.6 is 11.3 Å². The first kappa shape index (κ1) is 30.6. The number of fused-ring (bicyclic) bond motifs is 3. The summed E-state index contributed by atoms with van der Waals surface area (Å²) < 4.78 is 2.52. The third-order valence-corrected chi connectivity index (χ3v) is 10.6. The van der Waals surface area contributed by atoms with Gasteiger partial charge in [-0.05, 0) is 89.0 Å². The van der Waals surface area contributed by atoms with Crippen molar-refractivity contribution >= 4 is 65.6 Å². The summed E-state index contributed by atoms with van der Waals surface area (Å²) in [5.41, 5.74) is 11.7. The molecule has 0 aliphatic carbocycles. The summed E-state index contributed by atoms with van der Waals surface area (Å²) in [7, 11) is 0. The van der Waals surface area contributed by atoms with Crippen molar-refractivity contribution in [3.8, 4) is 22.3 Å². The number of thiophene rings is 1. The van der Waals surface area contributed by atoms with Crippen molar-refractivity contribution in [2.75, 3.05) is 9.80 Å². The third-order valence-electron chi connectivity index (χ3n) is 9.45. The Morgan fingerprint density at radius 3 is 1.27 bits per heavy atom. The number of benzene rings is 8. The molecule has 0 saturated heterocycles.